The van der Waals surface area contributed by atoms with Gasteiger partial charge in [0, 0.05) is 41.9 Å². The highest BCUT2D eigenvalue weighted by atomic mass is 32.2. The van der Waals surface area contributed by atoms with Crippen molar-refractivity contribution in [3.63, 3.8) is 0 Å². The second-order valence-corrected chi connectivity index (χ2v) is 9.27. The average Bonchev–Trinajstić information content (AvgIpc) is 3.17. The Morgan fingerprint density at radius 2 is 2.06 bits per heavy atom. The lowest BCUT2D eigenvalue weighted by atomic mass is 9.87. The first-order chi connectivity index (χ1) is 16.3. The van der Waals surface area contributed by atoms with Gasteiger partial charge >= 0.3 is 5.97 Å². The predicted molar refractivity (Wildman–Crippen MR) is 128 cm³/mol. The molecule has 176 valence electrons. The Morgan fingerprint density at radius 1 is 1.32 bits per heavy atom. The molecule has 0 saturated carbocycles. The first-order valence-electron chi connectivity index (χ1n) is 10.5. The lowest BCUT2D eigenvalue weighted by molar-refractivity contribution is -0.384. The predicted octanol–water partition coefficient (Wildman–Crippen LogP) is 4.29. The van der Waals surface area contributed by atoms with Crippen molar-refractivity contribution in [2.45, 2.75) is 38.4 Å². The maximum atomic E-state index is 13.3. The highest BCUT2D eigenvalue weighted by Crippen LogP contribution is 2.54. The van der Waals surface area contributed by atoms with Crippen molar-refractivity contribution < 1.29 is 24.0 Å². The summed E-state index contributed by atoms with van der Waals surface area (Å²) < 4.78 is 11.3. The second-order valence-electron chi connectivity index (χ2n) is 7.68. The summed E-state index contributed by atoms with van der Waals surface area (Å²) in [4.78, 5) is 42.0. The summed E-state index contributed by atoms with van der Waals surface area (Å²) in [6.45, 7) is 3.40. The minimum Gasteiger partial charge on any atom is -0.477 e. The van der Waals surface area contributed by atoms with E-state index in [1.54, 1.807) is 41.6 Å². The first kappa shape index (κ1) is 23.8. The molecule has 0 spiro atoms. The van der Waals surface area contributed by atoms with Gasteiger partial charge < -0.3 is 9.47 Å². The van der Waals surface area contributed by atoms with Crippen LogP contribution in [0, 0.1) is 16.0 Å². The molecule has 3 heterocycles. The van der Waals surface area contributed by atoms with E-state index in [1.807, 2.05) is 6.92 Å². The largest absolute Gasteiger partial charge is 0.477 e. The van der Waals surface area contributed by atoms with Gasteiger partial charge in [-0.1, -0.05) is 13.0 Å². The molecular formula is C23H21N3O6S2. The minimum absolute atomic E-state index is 0.00879. The summed E-state index contributed by atoms with van der Waals surface area (Å²) in [5, 5.41) is 10.7. The molecule has 1 aromatic carbocycles. The van der Waals surface area contributed by atoms with E-state index in [1.165, 1.54) is 30.8 Å². The summed E-state index contributed by atoms with van der Waals surface area (Å²) in [5.41, 5.74) is 1.92. The molecule has 0 bridgehead atoms. The van der Waals surface area contributed by atoms with Crippen LogP contribution in [-0.4, -0.2) is 37.1 Å². The van der Waals surface area contributed by atoms with Crippen LogP contribution in [0.1, 0.15) is 37.5 Å². The molecule has 1 aromatic heterocycles. The van der Waals surface area contributed by atoms with Crippen LogP contribution >= 0.6 is 24.0 Å². The number of nitrogens with zero attached hydrogens (tertiary/aromatic N) is 3. The molecule has 2 unspecified atom stereocenters. The number of rotatable bonds is 8. The molecule has 1 saturated heterocycles. The zero-order valence-corrected chi connectivity index (χ0v) is 20.0. The topological polar surface area (TPSA) is 112 Å². The van der Waals surface area contributed by atoms with Crippen molar-refractivity contribution in [1.29, 1.82) is 0 Å². The molecule has 11 heteroatoms. The maximum absolute atomic E-state index is 13.3. The number of benzene rings is 1. The minimum atomic E-state index is -0.750. The SMILES string of the molecule is CCC1=C(C(=S)OCc2ccc([N+](=O)[O-])cc2)N2C(=O)C(C(OC(C)=O)c3cccnc3)[C@H]2S1. The smallest absolute Gasteiger partial charge is 0.303 e. The molecule has 2 aromatic rings. The molecule has 1 fully saturated rings. The van der Waals surface area contributed by atoms with Crippen LogP contribution in [0.25, 0.3) is 0 Å². The standard InChI is InChI=1S/C23H21N3O6S2/c1-3-17-19(23(33)31-12-14-6-8-16(9-7-14)26(29)30)25-21(28)18(22(25)34-17)20(32-13(2)27)15-5-4-10-24-11-15/h4-11,18,20,22H,3,12H2,1-2H3/t18?,20?,22-/m1/s1. The first-order valence-corrected chi connectivity index (χ1v) is 11.8. The quantitative estimate of drug-likeness (QED) is 0.173. The zero-order chi connectivity index (χ0) is 24.4. The van der Waals surface area contributed by atoms with Gasteiger partial charge in [0.15, 0.2) is 0 Å². The number of aromatic nitrogens is 1. The van der Waals surface area contributed by atoms with Crippen LogP contribution < -0.4 is 0 Å². The van der Waals surface area contributed by atoms with Crippen molar-refractivity contribution in [3.8, 4) is 0 Å². The lowest BCUT2D eigenvalue weighted by Gasteiger charge is -2.45. The number of pyridine rings is 1. The number of nitro groups is 1. The molecule has 2 aliphatic heterocycles. The number of β-lactam (4-membered cyclic amide) rings is 1. The van der Waals surface area contributed by atoms with Crippen molar-refractivity contribution >= 4 is 46.6 Å². The van der Waals surface area contributed by atoms with Crippen LogP contribution in [0.4, 0.5) is 5.69 Å². The van der Waals surface area contributed by atoms with Gasteiger partial charge in [0.2, 0.25) is 11.0 Å². The summed E-state index contributed by atoms with van der Waals surface area (Å²) in [5.74, 6) is -1.25. The molecule has 4 rings (SSSR count). The Bertz CT molecular complexity index is 1170. The van der Waals surface area contributed by atoms with Crippen LogP contribution in [0.3, 0.4) is 0 Å². The molecule has 0 radical (unpaired) electrons. The van der Waals surface area contributed by atoms with Crippen molar-refractivity contribution in [1.82, 2.24) is 9.88 Å². The number of thiocarbonyl (C=S) groups is 1. The number of esters is 1. The van der Waals surface area contributed by atoms with Crippen LogP contribution in [0.2, 0.25) is 0 Å². The molecular weight excluding hydrogens is 478 g/mol. The molecule has 9 nitrogen and oxygen atoms in total. The average molecular weight is 500 g/mol. The molecule has 0 N–H and O–H groups in total. The highest BCUT2D eigenvalue weighted by Gasteiger charge is 2.59. The number of fused-ring (bicyclic) bond motifs is 1. The highest BCUT2D eigenvalue weighted by molar-refractivity contribution is 8.04. The third-order valence-corrected chi connectivity index (χ3v) is 7.34. The summed E-state index contributed by atoms with van der Waals surface area (Å²) >= 11 is 7.03. The van der Waals surface area contributed by atoms with Gasteiger partial charge in [-0.25, -0.2) is 0 Å². The Kier molecular flexibility index (Phi) is 6.94. The van der Waals surface area contributed by atoms with Gasteiger partial charge in [-0.05, 0) is 42.4 Å². The van der Waals surface area contributed by atoms with E-state index in [0.29, 0.717) is 23.2 Å². The van der Waals surface area contributed by atoms with E-state index >= 15 is 0 Å². The van der Waals surface area contributed by atoms with Crippen LogP contribution in [0.5, 0.6) is 0 Å². The van der Waals surface area contributed by atoms with Crippen molar-refractivity contribution in [3.05, 3.63) is 80.6 Å². The summed E-state index contributed by atoms with van der Waals surface area (Å²) in [6, 6.07) is 9.52. The number of hydrogen-bond donors (Lipinski definition) is 0. The molecule has 1 amide bonds. The second kappa shape index (κ2) is 9.90. The number of allylic oxidation sites excluding steroid dienone is 1. The molecule has 2 aliphatic rings. The fraction of sp³-hybridized carbons (Fsp3) is 0.304. The summed E-state index contributed by atoms with van der Waals surface area (Å²) in [7, 11) is 0. The van der Waals surface area contributed by atoms with Gasteiger partial charge in [-0.2, -0.15) is 0 Å². The van der Waals surface area contributed by atoms with E-state index in [9.17, 15) is 19.7 Å². The third kappa shape index (κ3) is 4.53. The number of carbonyl (C=O) groups is 2. The zero-order valence-electron chi connectivity index (χ0n) is 18.4. The Hall–Kier alpha value is -3.31. The van der Waals surface area contributed by atoms with Crippen molar-refractivity contribution in [2.75, 3.05) is 0 Å². The number of carbonyl (C=O) groups excluding carboxylic acids is 2. The fourth-order valence-corrected chi connectivity index (χ4v) is 5.76. The molecule has 34 heavy (non-hydrogen) atoms. The number of nitro benzene ring substituents is 1. The van der Waals surface area contributed by atoms with Gasteiger partial charge in [0.1, 0.15) is 29.7 Å². The number of ether oxygens (including phenoxy) is 2. The molecule has 0 aliphatic carbocycles. The van der Waals surface area contributed by atoms with E-state index in [4.69, 9.17) is 21.7 Å². The Labute approximate surface area is 205 Å². The maximum Gasteiger partial charge on any atom is 0.303 e. The van der Waals surface area contributed by atoms with Gasteiger partial charge in [0.25, 0.3) is 5.69 Å². The monoisotopic (exact) mass is 499 g/mol. The Balaban J connectivity index is 1.50. The van der Waals surface area contributed by atoms with E-state index < -0.39 is 22.9 Å². The summed E-state index contributed by atoms with van der Waals surface area (Å²) in [6.07, 6.45) is 3.11. The van der Waals surface area contributed by atoms with Gasteiger partial charge in [-0.3, -0.25) is 29.6 Å². The van der Waals surface area contributed by atoms with E-state index in [-0.39, 0.29) is 28.6 Å². The number of amides is 1. The number of non-ortho nitro benzene ring substituents is 1. The van der Waals surface area contributed by atoms with E-state index in [2.05, 4.69) is 4.98 Å². The third-order valence-electron chi connectivity index (χ3n) is 5.52. The fourth-order valence-electron chi connectivity index (χ4n) is 3.93. The lowest BCUT2D eigenvalue weighted by Crippen LogP contribution is -2.59. The normalized spacial score (nSPS) is 19.8. The van der Waals surface area contributed by atoms with Gasteiger partial charge in [0.05, 0.1) is 4.92 Å². The van der Waals surface area contributed by atoms with E-state index in [0.717, 1.165) is 4.91 Å². The van der Waals surface area contributed by atoms with Crippen molar-refractivity contribution in [2.24, 2.45) is 5.92 Å². The van der Waals surface area contributed by atoms with Gasteiger partial charge in [-0.15, -0.1) is 11.8 Å². The number of thioether (sulfide) groups is 1. The Morgan fingerprint density at radius 3 is 2.65 bits per heavy atom. The molecule has 3 atom stereocenters. The van der Waals surface area contributed by atoms with Crippen LogP contribution in [0.15, 0.2) is 59.4 Å². The number of hydrogen-bond acceptors (Lipinski definition) is 9. The van der Waals surface area contributed by atoms with Crippen LogP contribution in [-0.2, 0) is 25.7 Å².